The summed E-state index contributed by atoms with van der Waals surface area (Å²) in [6, 6.07) is 0. The third kappa shape index (κ3) is 9.51. The fourth-order valence-corrected chi connectivity index (χ4v) is 1.13. The molecule has 0 fully saturated rings. The maximum Gasteiger partial charge on any atom is 0.107 e. The molecular formula is C12H19NO3. The fourth-order valence-electron chi connectivity index (χ4n) is 1.13. The van der Waals surface area contributed by atoms with Gasteiger partial charge in [0.05, 0.1) is 19.8 Å². The number of aliphatic hydroxyl groups is 1. The summed E-state index contributed by atoms with van der Waals surface area (Å²) in [6.07, 6.45) is 10.1. The van der Waals surface area contributed by atoms with Crippen molar-refractivity contribution in [2.45, 2.75) is 0 Å². The van der Waals surface area contributed by atoms with Crippen LogP contribution in [0.3, 0.4) is 0 Å². The summed E-state index contributed by atoms with van der Waals surface area (Å²) >= 11 is 0. The van der Waals surface area contributed by atoms with Crippen molar-refractivity contribution in [3.8, 4) is 24.7 Å². The van der Waals surface area contributed by atoms with E-state index in [1.807, 2.05) is 4.90 Å². The standard InChI is InChI=1S/C12H19NO3/c1-3-9-15-11-6-13(5-8-14)7-12-16-10-4-2/h1-2,14H,5-12H2. The van der Waals surface area contributed by atoms with Crippen molar-refractivity contribution >= 4 is 0 Å². The summed E-state index contributed by atoms with van der Waals surface area (Å²) in [4.78, 5) is 2.03. The normalized spacial score (nSPS) is 10.0. The van der Waals surface area contributed by atoms with Crippen LogP contribution in [0.2, 0.25) is 0 Å². The largest absolute Gasteiger partial charge is 0.395 e. The predicted molar refractivity (Wildman–Crippen MR) is 62.8 cm³/mol. The second kappa shape index (κ2) is 12.0. The van der Waals surface area contributed by atoms with E-state index in [-0.39, 0.29) is 6.61 Å². The van der Waals surface area contributed by atoms with Crippen LogP contribution in [0.5, 0.6) is 0 Å². The minimum atomic E-state index is 0.115. The van der Waals surface area contributed by atoms with Crippen molar-refractivity contribution in [2.24, 2.45) is 0 Å². The van der Waals surface area contributed by atoms with Gasteiger partial charge in [-0.25, -0.2) is 0 Å². The zero-order valence-electron chi connectivity index (χ0n) is 9.52. The summed E-state index contributed by atoms with van der Waals surface area (Å²) in [6.45, 7) is 3.91. The van der Waals surface area contributed by atoms with E-state index in [1.165, 1.54) is 0 Å². The molecule has 0 aromatic carbocycles. The number of nitrogens with zero attached hydrogens (tertiary/aromatic N) is 1. The Labute approximate surface area is 97.5 Å². The van der Waals surface area contributed by atoms with Gasteiger partial charge in [0.1, 0.15) is 13.2 Å². The van der Waals surface area contributed by atoms with Crippen molar-refractivity contribution in [2.75, 3.05) is 52.7 Å². The van der Waals surface area contributed by atoms with E-state index >= 15 is 0 Å². The van der Waals surface area contributed by atoms with Gasteiger partial charge in [-0.1, -0.05) is 11.8 Å². The third-order valence-electron chi connectivity index (χ3n) is 1.89. The van der Waals surface area contributed by atoms with Crippen molar-refractivity contribution in [3.63, 3.8) is 0 Å². The molecule has 16 heavy (non-hydrogen) atoms. The van der Waals surface area contributed by atoms with Crippen LogP contribution in [0.4, 0.5) is 0 Å². The molecule has 0 saturated carbocycles. The van der Waals surface area contributed by atoms with Crippen molar-refractivity contribution in [3.05, 3.63) is 0 Å². The van der Waals surface area contributed by atoms with Gasteiger partial charge in [-0.2, -0.15) is 0 Å². The Morgan fingerprint density at radius 3 is 1.81 bits per heavy atom. The topological polar surface area (TPSA) is 41.9 Å². The Morgan fingerprint density at radius 1 is 0.938 bits per heavy atom. The molecule has 0 rings (SSSR count). The van der Waals surface area contributed by atoms with Crippen LogP contribution in [0.25, 0.3) is 0 Å². The number of hydrogen-bond acceptors (Lipinski definition) is 4. The predicted octanol–water partition coefficient (Wildman–Crippen LogP) is -0.420. The molecule has 0 aliphatic rings. The van der Waals surface area contributed by atoms with Gasteiger partial charge in [-0.3, -0.25) is 4.90 Å². The van der Waals surface area contributed by atoms with E-state index in [2.05, 4.69) is 11.8 Å². The fraction of sp³-hybridized carbons (Fsp3) is 0.667. The zero-order valence-corrected chi connectivity index (χ0v) is 9.52. The number of ether oxygens (including phenoxy) is 2. The van der Waals surface area contributed by atoms with Gasteiger partial charge in [0.15, 0.2) is 0 Å². The maximum atomic E-state index is 8.85. The molecular weight excluding hydrogens is 206 g/mol. The molecule has 0 unspecified atom stereocenters. The zero-order chi connectivity index (χ0) is 12.1. The highest BCUT2D eigenvalue weighted by molar-refractivity contribution is 4.83. The summed E-state index contributed by atoms with van der Waals surface area (Å²) in [5, 5.41) is 8.85. The Bertz CT molecular complexity index is 207. The quantitative estimate of drug-likeness (QED) is 0.405. The Balaban J connectivity index is 3.55. The molecule has 0 saturated heterocycles. The molecule has 90 valence electrons. The van der Waals surface area contributed by atoms with E-state index in [9.17, 15) is 0 Å². The number of terminal acetylenes is 2. The van der Waals surface area contributed by atoms with Crippen molar-refractivity contribution in [1.82, 2.24) is 4.90 Å². The Kier molecular flexibility index (Phi) is 11.2. The SMILES string of the molecule is C#CCOCCN(CCO)CCOCC#C. The maximum absolute atomic E-state index is 8.85. The highest BCUT2D eigenvalue weighted by atomic mass is 16.5. The van der Waals surface area contributed by atoms with E-state index in [4.69, 9.17) is 27.4 Å². The number of aliphatic hydroxyl groups excluding tert-OH is 1. The average Bonchev–Trinajstić information content (AvgIpc) is 2.30. The monoisotopic (exact) mass is 225 g/mol. The van der Waals surface area contributed by atoms with Gasteiger partial charge < -0.3 is 14.6 Å². The minimum absolute atomic E-state index is 0.115. The molecule has 0 spiro atoms. The van der Waals surface area contributed by atoms with Crippen LogP contribution in [0.15, 0.2) is 0 Å². The molecule has 0 aromatic rings. The van der Waals surface area contributed by atoms with Gasteiger partial charge in [0.2, 0.25) is 0 Å². The average molecular weight is 225 g/mol. The Morgan fingerprint density at radius 2 is 1.44 bits per heavy atom. The van der Waals surface area contributed by atoms with Gasteiger partial charge in [0.25, 0.3) is 0 Å². The van der Waals surface area contributed by atoms with E-state index in [0.717, 1.165) is 13.1 Å². The van der Waals surface area contributed by atoms with Gasteiger partial charge in [-0.15, -0.1) is 12.8 Å². The van der Waals surface area contributed by atoms with Crippen LogP contribution in [0, 0.1) is 24.7 Å². The van der Waals surface area contributed by atoms with Gasteiger partial charge in [0, 0.05) is 19.6 Å². The van der Waals surface area contributed by atoms with Crippen LogP contribution in [-0.2, 0) is 9.47 Å². The van der Waals surface area contributed by atoms with Crippen molar-refractivity contribution in [1.29, 1.82) is 0 Å². The van der Waals surface area contributed by atoms with Crippen LogP contribution < -0.4 is 0 Å². The number of hydrogen-bond donors (Lipinski definition) is 1. The molecule has 0 aliphatic carbocycles. The molecule has 0 aromatic heterocycles. The summed E-state index contributed by atoms with van der Waals surface area (Å²) in [5.74, 6) is 4.79. The summed E-state index contributed by atoms with van der Waals surface area (Å²) < 4.78 is 10.3. The molecule has 0 heterocycles. The lowest BCUT2D eigenvalue weighted by atomic mass is 10.4. The molecule has 4 nitrogen and oxygen atoms in total. The highest BCUT2D eigenvalue weighted by Gasteiger charge is 2.03. The second-order valence-corrected chi connectivity index (χ2v) is 3.08. The van der Waals surface area contributed by atoms with Crippen molar-refractivity contribution < 1.29 is 14.6 Å². The van der Waals surface area contributed by atoms with E-state index in [0.29, 0.717) is 33.0 Å². The lowest BCUT2D eigenvalue weighted by Gasteiger charge is -2.20. The lowest BCUT2D eigenvalue weighted by Crippen LogP contribution is -2.33. The lowest BCUT2D eigenvalue weighted by molar-refractivity contribution is 0.0850. The minimum Gasteiger partial charge on any atom is -0.395 e. The Hall–Kier alpha value is -1.04. The summed E-state index contributed by atoms with van der Waals surface area (Å²) in [7, 11) is 0. The molecule has 4 heteroatoms. The van der Waals surface area contributed by atoms with Crippen LogP contribution >= 0.6 is 0 Å². The molecule has 0 bridgehead atoms. The second-order valence-electron chi connectivity index (χ2n) is 3.08. The van der Waals surface area contributed by atoms with Gasteiger partial charge in [-0.05, 0) is 0 Å². The molecule has 1 N–H and O–H groups in total. The molecule has 0 aliphatic heterocycles. The molecule has 0 radical (unpaired) electrons. The first kappa shape index (κ1) is 15.0. The van der Waals surface area contributed by atoms with Gasteiger partial charge >= 0.3 is 0 Å². The van der Waals surface area contributed by atoms with E-state index < -0.39 is 0 Å². The van der Waals surface area contributed by atoms with E-state index in [1.54, 1.807) is 0 Å². The smallest absolute Gasteiger partial charge is 0.107 e. The highest BCUT2D eigenvalue weighted by Crippen LogP contribution is 1.89. The van der Waals surface area contributed by atoms with Crippen LogP contribution in [-0.4, -0.2) is 62.7 Å². The third-order valence-corrected chi connectivity index (χ3v) is 1.89. The molecule has 0 amide bonds. The molecule has 0 atom stereocenters. The number of rotatable bonds is 10. The first-order chi connectivity index (χ1) is 7.85. The first-order valence-corrected chi connectivity index (χ1v) is 5.20. The first-order valence-electron chi connectivity index (χ1n) is 5.20. The van der Waals surface area contributed by atoms with Crippen LogP contribution in [0.1, 0.15) is 0 Å². The summed E-state index contributed by atoms with van der Waals surface area (Å²) in [5.41, 5.74) is 0.